The maximum absolute atomic E-state index is 13.3. The lowest BCUT2D eigenvalue weighted by molar-refractivity contribution is -0.122. The number of nitrogens with one attached hydrogen (secondary N) is 2. The molecule has 2 amide bonds. The van der Waals surface area contributed by atoms with Gasteiger partial charge in [-0.2, -0.15) is 0 Å². The van der Waals surface area contributed by atoms with E-state index in [2.05, 4.69) is 25.4 Å². The number of hydrogen-bond acceptors (Lipinski definition) is 6. The van der Waals surface area contributed by atoms with Gasteiger partial charge in [0.2, 0.25) is 17.7 Å². The smallest absolute Gasteiger partial charge is 0.253 e. The highest BCUT2D eigenvalue weighted by atomic mass is 16.4. The van der Waals surface area contributed by atoms with Gasteiger partial charge in [-0.3, -0.25) is 14.5 Å². The Morgan fingerprint density at radius 1 is 1.19 bits per heavy atom. The largest absolute Gasteiger partial charge is 0.423 e. The Kier molecular flexibility index (Phi) is 5.82. The van der Waals surface area contributed by atoms with E-state index in [9.17, 15) is 9.59 Å². The van der Waals surface area contributed by atoms with Gasteiger partial charge in [0.25, 0.3) is 5.91 Å². The average Bonchev–Trinajstić information content (AvgIpc) is 3.25. The minimum Gasteiger partial charge on any atom is -0.423 e. The van der Waals surface area contributed by atoms with Crippen LogP contribution in [0.15, 0.2) is 34.9 Å². The fraction of sp³-hybridized carbons (Fsp3) is 0.556. The summed E-state index contributed by atoms with van der Waals surface area (Å²) in [6, 6.07) is 8.11. The van der Waals surface area contributed by atoms with Crippen LogP contribution in [0, 0.1) is 5.41 Å². The van der Waals surface area contributed by atoms with E-state index in [0.29, 0.717) is 37.5 Å². The molecule has 2 saturated heterocycles. The molecule has 3 aliphatic rings. The van der Waals surface area contributed by atoms with E-state index >= 15 is 0 Å². The molecule has 3 aromatic rings. The molecule has 190 valence electrons. The number of carbonyl (C=O) groups excluding carboxylic acids is 2. The van der Waals surface area contributed by atoms with Crippen molar-refractivity contribution in [2.45, 2.75) is 64.0 Å². The Hall–Kier alpha value is -3.20. The molecular weight excluding hydrogens is 456 g/mol. The number of rotatable bonds is 6. The number of hydrogen-bond donors (Lipinski definition) is 2. The van der Waals surface area contributed by atoms with Crippen molar-refractivity contribution in [3.8, 4) is 0 Å². The van der Waals surface area contributed by atoms with Gasteiger partial charge >= 0.3 is 0 Å². The van der Waals surface area contributed by atoms with Crippen molar-refractivity contribution in [3.63, 3.8) is 0 Å². The number of carbonyl (C=O) groups is 2. The number of benzene rings is 1. The van der Waals surface area contributed by atoms with E-state index in [-0.39, 0.29) is 29.2 Å². The van der Waals surface area contributed by atoms with Crippen LogP contribution in [-0.4, -0.2) is 69.0 Å². The highest BCUT2D eigenvalue weighted by Gasteiger charge is 2.49. The van der Waals surface area contributed by atoms with E-state index in [1.54, 1.807) is 0 Å². The fourth-order valence-corrected chi connectivity index (χ4v) is 5.76. The normalized spacial score (nSPS) is 22.1. The third kappa shape index (κ3) is 4.52. The van der Waals surface area contributed by atoms with Crippen molar-refractivity contribution in [2.24, 2.45) is 5.41 Å². The van der Waals surface area contributed by atoms with Crippen LogP contribution >= 0.6 is 0 Å². The van der Waals surface area contributed by atoms with Crippen LogP contribution < -0.4 is 5.32 Å². The van der Waals surface area contributed by atoms with Crippen molar-refractivity contribution in [1.82, 2.24) is 30.3 Å². The summed E-state index contributed by atoms with van der Waals surface area (Å²) in [5.41, 5.74) is 1.72. The lowest BCUT2D eigenvalue weighted by Gasteiger charge is -2.39. The molecule has 1 spiro atoms. The number of piperidine rings is 1. The number of aromatic nitrogens is 3. The van der Waals surface area contributed by atoms with Gasteiger partial charge in [0.1, 0.15) is 0 Å². The van der Waals surface area contributed by atoms with Crippen molar-refractivity contribution < 1.29 is 14.0 Å². The van der Waals surface area contributed by atoms with Crippen molar-refractivity contribution in [1.29, 1.82) is 0 Å². The summed E-state index contributed by atoms with van der Waals surface area (Å²) in [4.78, 5) is 33.3. The molecule has 2 aromatic heterocycles. The van der Waals surface area contributed by atoms with E-state index < -0.39 is 0 Å². The Bertz CT molecular complexity index is 1270. The standard InChI is InChI=1S/C27H34N6O3/c1-17(2)24-30-31-25(36-24)22-14-27(16-33(22)15-23(34)29-20-5-6-20)8-11-32(12-9-27)26(35)19-4-3-18-7-10-28-21(18)13-19/h3-4,7,10,13,17,20,22,28H,5-6,8-9,11-12,14-16H2,1-2H3,(H,29,34). The predicted octanol–water partition coefficient (Wildman–Crippen LogP) is 3.62. The first kappa shape index (κ1) is 23.2. The number of likely N-dealkylation sites (tertiary alicyclic amines) is 2. The predicted molar refractivity (Wildman–Crippen MR) is 134 cm³/mol. The van der Waals surface area contributed by atoms with Gasteiger partial charge in [-0.25, -0.2) is 0 Å². The topological polar surface area (TPSA) is 107 Å². The van der Waals surface area contributed by atoms with Crippen molar-refractivity contribution in [3.05, 3.63) is 47.8 Å². The second-order valence-corrected chi connectivity index (χ2v) is 11.2. The number of nitrogens with zero attached hydrogens (tertiary/aromatic N) is 4. The van der Waals surface area contributed by atoms with Crippen molar-refractivity contribution >= 4 is 22.7 Å². The monoisotopic (exact) mass is 490 g/mol. The Labute approximate surface area is 210 Å². The SMILES string of the molecule is CC(C)c1nnc(C2CC3(CCN(C(=O)c4ccc5cc[nH]c5c4)CC3)CN2CC(=O)NC2CC2)o1. The van der Waals surface area contributed by atoms with Crippen LogP contribution in [0.1, 0.15) is 80.1 Å². The number of fused-ring (bicyclic) bond motifs is 1. The number of aromatic amines is 1. The molecule has 2 aliphatic heterocycles. The molecule has 6 rings (SSSR count). The molecule has 1 atom stereocenters. The molecule has 1 aliphatic carbocycles. The van der Waals surface area contributed by atoms with Crippen LogP contribution in [-0.2, 0) is 4.79 Å². The molecule has 0 bridgehead atoms. The van der Waals surface area contributed by atoms with Gasteiger partial charge in [0, 0.05) is 48.9 Å². The van der Waals surface area contributed by atoms with Crippen LogP contribution in [0.2, 0.25) is 0 Å². The molecule has 1 unspecified atom stereocenters. The summed E-state index contributed by atoms with van der Waals surface area (Å²) in [5.74, 6) is 1.54. The van der Waals surface area contributed by atoms with Gasteiger partial charge < -0.3 is 19.6 Å². The first-order valence-corrected chi connectivity index (χ1v) is 13.1. The Balaban J connectivity index is 1.16. The fourth-order valence-electron chi connectivity index (χ4n) is 5.76. The van der Waals surface area contributed by atoms with Gasteiger partial charge in [0.15, 0.2) is 0 Å². The Morgan fingerprint density at radius 2 is 2.00 bits per heavy atom. The lowest BCUT2D eigenvalue weighted by Crippen LogP contribution is -2.45. The second kappa shape index (κ2) is 9.03. The average molecular weight is 491 g/mol. The zero-order valence-electron chi connectivity index (χ0n) is 21.0. The van der Waals surface area contributed by atoms with Crippen molar-refractivity contribution in [2.75, 3.05) is 26.2 Å². The van der Waals surface area contributed by atoms with E-state index in [0.717, 1.165) is 55.1 Å². The highest BCUT2D eigenvalue weighted by Crippen LogP contribution is 2.49. The van der Waals surface area contributed by atoms with Gasteiger partial charge in [-0.05, 0) is 61.1 Å². The summed E-state index contributed by atoms with van der Waals surface area (Å²) < 4.78 is 6.05. The molecule has 36 heavy (non-hydrogen) atoms. The summed E-state index contributed by atoms with van der Waals surface area (Å²) in [7, 11) is 0. The van der Waals surface area contributed by atoms with Crippen LogP contribution in [0.4, 0.5) is 0 Å². The molecule has 2 N–H and O–H groups in total. The molecular formula is C27H34N6O3. The highest BCUT2D eigenvalue weighted by molar-refractivity contribution is 5.98. The maximum atomic E-state index is 13.3. The summed E-state index contributed by atoms with van der Waals surface area (Å²) in [6.07, 6.45) is 6.68. The summed E-state index contributed by atoms with van der Waals surface area (Å²) >= 11 is 0. The van der Waals surface area contributed by atoms with E-state index in [1.807, 2.05) is 49.2 Å². The second-order valence-electron chi connectivity index (χ2n) is 11.2. The van der Waals surface area contributed by atoms with Crippen LogP contribution in [0.25, 0.3) is 10.9 Å². The lowest BCUT2D eigenvalue weighted by atomic mass is 9.76. The first-order valence-electron chi connectivity index (χ1n) is 13.1. The first-order chi connectivity index (χ1) is 17.4. The molecule has 0 radical (unpaired) electrons. The van der Waals surface area contributed by atoms with Gasteiger partial charge in [-0.15, -0.1) is 10.2 Å². The third-order valence-corrected chi connectivity index (χ3v) is 8.04. The molecule has 1 saturated carbocycles. The molecule has 9 nitrogen and oxygen atoms in total. The van der Waals surface area contributed by atoms with Gasteiger partial charge in [-0.1, -0.05) is 19.9 Å². The van der Waals surface area contributed by atoms with Gasteiger partial charge in [0.05, 0.1) is 12.6 Å². The molecule has 9 heteroatoms. The summed E-state index contributed by atoms with van der Waals surface area (Å²) in [6.45, 7) is 6.62. The Morgan fingerprint density at radius 3 is 2.72 bits per heavy atom. The van der Waals surface area contributed by atoms with Crippen LogP contribution in [0.5, 0.6) is 0 Å². The zero-order chi connectivity index (χ0) is 24.9. The van der Waals surface area contributed by atoms with E-state index in [1.165, 1.54) is 0 Å². The minimum atomic E-state index is -0.0764. The molecule has 3 fully saturated rings. The maximum Gasteiger partial charge on any atom is 0.253 e. The van der Waals surface area contributed by atoms with E-state index in [4.69, 9.17) is 4.42 Å². The number of H-pyrrole nitrogens is 1. The minimum absolute atomic E-state index is 0.0250. The summed E-state index contributed by atoms with van der Waals surface area (Å²) in [5, 5.41) is 12.8. The number of amides is 2. The van der Waals surface area contributed by atoms with Crippen LogP contribution in [0.3, 0.4) is 0 Å². The molecule has 4 heterocycles. The third-order valence-electron chi connectivity index (χ3n) is 8.04. The molecule has 1 aromatic carbocycles. The zero-order valence-corrected chi connectivity index (χ0v) is 21.0. The quantitative estimate of drug-likeness (QED) is 0.547.